The molecule has 24 heavy (non-hydrogen) atoms. The van der Waals surface area contributed by atoms with Crippen LogP contribution in [-0.2, 0) is 0 Å². The van der Waals surface area contributed by atoms with Crippen molar-refractivity contribution in [3.63, 3.8) is 0 Å². The second-order valence-corrected chi connectivity index (χ2v) is 7.63. The molecular weight excluding hydrogens is 306 g/mol. The molecule has 128 valence electrons. The fraction of sp³-hybridized carbons (Fsp3) is 0.500. The molecule has 2 aromatic rings. The Balaban J connectivity index is 1.91. The van der Waals surface area contributed by atoms with Crippen molar-refractivity contribution in [1.82, 2.24) is 14.7 Å². The molecule has 0 aromatic carbocycles. The molecule has 2 aromatic heterocycles. The van der Waals surface area contributed by atoms with Gasteiger partial charge in [0.1, 0.15) is 5.65 Å². The summed E-state index contributed by atoms with van der Waals surface area (Å²) in [5.41, 5.74) is -0.397. The third-order valence-corrected chi connectivity index (χ3v) is 4.66. The molecule has 2 heterocycles. The first-order valence-electron chi connectivity index (χ1n) is 8.28. The zero-order valence-electron chi connectivity index (χ0n) is 14.2. The smallest absolute Gasteiger partial charge is 0.274 e. The van der Waals surface area contributed by atoms with Crippen molar-refractivity contribution in [1.29, 1.82) is 0 Å². The lowest BCUT2D eigenvalue weighted by atomic mass is 9.70. The summed E-state index contributed by atoms with van der Waals surface area (Å²) in [5.74, 6) is -0.576. The number of rotatable bonds is 2. The normalized spacial score (nSPS) is 23.1. The van der Waals surface area contributed by atoms with Crippen LogP contribution in [0.25, 0.3) is 5.65 Å². The number of carbonyl (C=O) groups excluding carboxylic acids is 1. The summed E-state index contributed by atoms with van der Waals surface area (Å²) in [6.45, 7) is 6.54. The Morgan fingerprint density at radius 2 is 2.12 bits per heavy atom. The highest BCUT2D eigenvalue weighted by molar-refractivity contribution is 5.96. The van der Waals surface area contributed by atoms with Crippen LogP contribution in [0.1, 0.15) is 50.4 Å². The van der Waals surface area contributed by atoms with Crippen molar-refractivity contribution in [3.8, 4) is 5.88 Å². The van der Waals surface area contributed by atoms with Gasteiger partial charge < -0.3 is 10.4 Å². The average molecular weight is 329 g/mol. The van der Waals surface area contributed by atoms with Gasteiger partial charge in [-0.1, -0.05) is 26.8 Å². The lowest BCUT2D eigenvalue weighted by Gasteiger charge is -2.39. The van der Waals surface area contributed by atoms with Crippen molar-refractivity contribution in [2.24, 2.45) is 11.3 Å². The quantitative estimate of drug-likeness (QED) is 0.886. The number of hydrogen-bond acceptors (Lipinski definition) is 4. The molecule has 3 rings (SSSR count). The maximum Gasteiger partial charge on any atom is 0.274 e. The Labute approximate surface area is 140 Å². The van der Waals surface area contributed by atoms with E-state index in [1.54, 1.807) is 18.2 Å². The largest absolute Gasteiger partial charge is 0.493 e. The zero-order valence-corrected chi connectivity index (χ0v) is 14.2. The standard InChI is InChI=1S/C18H23N3O3/c1-11-8-12(10-18(2,3)9-11)19-15(22)14-16(23)20-13-6-4-5-7-21(13)17(14)24/h4-7,11-12,23H,8-10H2,1-3H3,(H,19,22)/t11-,12+/m1/s1. The van der Waals surface area contributed by atoms with Gasteiger partial charge in [0.15, 0.2) is 5.56 Å². The van der Waals surface area contributed by atoms with Gasteiger partial charge in [-0.15, -0.1) is 0 Å². The van der Waals surface area contributed by atoms with Gasteiger partial charge in [-0.05, 0) is 42.7 Å². The Hall–Kier alpha value is -2.37. The summed E-state index contributed by atoms with van der Waals surface area (Å²) in [5, 5.41) is 13.0. The Morgan fingerprint density at radius 1 is 1.38 bits per heavy atom. The van der Waals surface area contributed by atoms with E-state index in [9.17, 15) is 14.7 Å². The highest BCUT2D eigenvalue weighted by Crippen LogP contribution is 2.38. The van der Waals surface area contributed by atoms with Crippen LogP contribution in [0.5, 0.6) is 5.88 Å². The lowest BCUT2D eigenvalue weighted by molar-refractivity contribution is 0.0869. The molecule has 6 nitrogen and oxygen atoms in total. The van der Waals surface area contributed by atoms with Crippen molar-refractivity contribution in [2.45, 2.75) is 46.1 Å². The van der Waals surface area contributed by atoms with Crippen molar-refractivity contribution < 1.29 is 9.90 Å². The molecular formula is C18H23N3O3. The summed E-state index contributed by atoms with van der Waals surface area (Å²) in [6, 6.07) is 4.99. The monoisotopic (exact) mass is 329 g/mol. The maximum atomic E-state index is 12.6. The SMILES string of the molecule is C[C@@H]1C[C@H](NC(=O)c2c(O)nc3ccccn3c2=O)CC(C)(C)C1. The molecule has 0 aliphatic heterocycles. The van der Waals surface area contributed by atoms with Crippen molar-refractivity contribution >= 4 is 11.6 Å². The average Bonchev–Trinajstić information content (AvgIpc) is 2.44. The molecule has 1 aliphatic carbocycles. The molecule has 0 bridgehead atoms. The van der Waals surface area contributed by atoms with Gasteiger partial charge in [0.05, 0.1) is 0 Å². The first kappa shape index (κ1) is 16.5. The molecule has 2 atom stereocenters. The minimum atomic E-state index is -0.557. The van der Waals surface area contributed by atoms with E-state index in [4.69, 9.17) is 0 Å². The molecule has 0 saturated heterocycles. The summed E-state index contributed by atoms with van der Waals surface area (Å²) in [6.07, 6.45) is 4.38. The van der Waals surface area contributed by atoms with E-state index < -0.39 is 17.3 Å². The second-order valence-electron chi connectivity index (χ2n) is 7.63. The molecule has 1 saturated carbocycles. The minimum Gasteiger partial charge on any atom is -0.493 e. The van der Waals surface area contributed by atoms with Gasteiger partial charge >= 0.3 is 0 Å². The highest BCUT2D eigenvalue weighted by atomic mass is 16.3. The second kappa shape index (κ2) is 5.92. The van der Waals surface area contributed by atoms with Gasteiger partial charge in [0, 0.05) is 12.2 Å². The number of fused-ring (bicyclic) bond motifs is 1. The van der Waals surface area contributed by atoms with E-state index in [0.29, 0.717) is 11.6 Å². The molecule has 1 fully saturated rings. The summed E-state index contributed by atoms with van der Waals surface area (Å²) >= 11 is 0. The summed E-state index contributed by atoms with van der Waals surface area (Å²) in [4.78, 5) is 29.1. The summed E-state index contributed by atoms with van der Waals surface area (Å²) in [7, 11) is 0. The Bertz CT molecular complexity index is 841. The Kier molecular flexibility index (Phi) is 4.07. The molecule has 0 radical (unpaired) electrons. The van der Waals surface area contributed by atoms with Crippen molar-refractivity contribution in [3.05, 3.63) is 40.3 Å². The van der Waals surface area contributed by atoms with E-state index in [-0.39, 0.29) is 17.0 Å². The molecule has 0 spiro atoms. The number of hydrogen-bond donors (Lipinski definition) is 2. The number of carbonyl (C=O) groups is 1. The number of pyridine rings is 1. The summed E-state index contributed by atoms with van der Waals surface area (Å²) < 4.78 is 1.27. The predicted octanol–water partition coefficient (Wildman–Crippen LogP) is 2.34. The number of nitrogens with zero attached hydrogens (tertiary/aromatic N) is 2. The van der Waals surface area contributed by atoms with Crippen LogP contribution in [0.2, 0.25) is 0 Å². The van der Waals surface area contributed by atoms with Crippen molar-refractivity contribution in [2.75, 3.05) is 0 Å². The number of aromatic hydroxyl groups is 1. The fourth-order valence-corrected chi connectivity index (χ4v) is 3.99. The zero-order chi connectivity index (χ0) is 17.5. The number of amides is 1. The van der Waals surface area contributed by atoms with Crippen LogP contribution in [-0.4, -0.2) is 26.4 Å². The topological polar surface area (TPSA) is 83.7 Å². The van der Waals surface area contributed by atoms with Crippen LogP contribution in [0, 0.1) is 11.3 Å². The predicted molar refractivity (Wildman–Crippen MR) is 91.2 cm³/mol. The molecule has 2 N–H and O–H groups in total. The third-order valence-electron chi connectivity index (χ3n) is 4.66. The van der Waals surface area contributed by atoms with Gasteiger partial charge in [-0.25, -0.2) is 0 Å². The van der Waals surface area contributed by atoms with Crippen LogP contribution < -0.4 is 10.9 Å². The lowest BCUT2D eigenvalue weighted by Crippen LogP contribution is -2.44. The maximum absolute atomic E-state index is 12.6. The fourth-order valence-electron chi connectivity index (χ4n) is 3.99. The third kappa shape index (κ3) is 3.13. The van der Waals surface area contributed by atoms with Gasteiger partial charge in [0.25, 0.3) is 11.5 Å². The Morgan fingerprint density at radius 3 is 2.83 bits per heavy atom. The van der Waals surface area contributed by atoms with Crippen LogP contribution in [0.15, 0.2) is 29.2 Å². The number of nitrogens with one attached hydrogen (secondary N) is 1. The van der Waals surface area contributed by atoms with Gasteiger partial charge in [-0.2, -0.15) is 4.98 Å². The molecule has 1 amide bonds. The highest BCUT2D eigenvalue weighted by Gasteiger charge is 2.33. The van der Waals surface area contributed by atoms with E-state index >= 15 is 0 Å². The first-order chi connectivity index (χ1) is 11.3. The van der Waals surface area contributed by atoms with Crippen LogP contribution in [0.4, 0.5) is 0 Å². The molecule has 1 aliphatic rings. The van der Waals surface area contributed by atoms with E-state index in [2.05, 4.69) is 31.1 Å². The van der Waals surface area contributed by atoms with Gasteiger partial charge in [-0.3, -0.25) is 14.0 Å². The minimum absolute atomic E-state index is 0.00785. The van der Waals surface area contributed by atoms with E-state index in [1.165, 1.54) is 10.6 Å². The molecule has 0 unspecified atom stereocenters. The van der Waals surface area contributed by atoms with Gasteiger partial charge in [0.2, 0.25) is 5.88 Å². The molecule has 6 heteroatoms. The van der Waals surface area contributed by atoms with Crippen LogP contribution in [0.3, 0.4) is 0 Å². The van der Waals surface area contributed by atoms with E-state index in [1.807, 2.05) is 0 Å². The number of aromatic nitrogens is 2. The first-order valence-corrected chi connectivity index (χ1v) is 8.28. The van der Waals surface area contributed by atoms with Crippen LogP contribution >= 0.6 is 0 Å². The van der Waals surface area contributed by atoms with E-state index in [0.717, 1.165) is 19.3 Å².